The number of nitrogens with one attached hydrogen (secondary N) is 1. The van der Waals surface area contributed by atoms with E-state index in [9.17, 15) is 9.59 Å². The molecule has 0 bridgehead atoms. The van der Waals surface area contributed by atoms with Crippen LogP contribution in [-0.2, 0) is 16.1 Å². The molecular weight excluding hydrogens is 412 g/mol. The van der Waals surface area contributed by atoms with E-state index in [-0.39, 0.29) is 18.2 Å². The van der Waals surface area contributed by atoms with Gasteiger partial charge in [0, 0.05) is 5.69 Å². The van der Waals surface area contributed by atoms with Crippen LogP contribution in [0.15, 0.2) is 66.7 Å². The molecule has 2 amide bonds. The maximum Gasteiger partial charge on any atom is 0.253 e. The molecule has 1 aliphatic heterocycles. The van der Waals surface area contributed by atoms with Crippen LogP contribution in [0, 0.1) is 20.8 Å². The number of aromatic nitrogens is 2. The van der Waals surface area contributed by atoms with Crippen molar-refractivity contribution in [3.63, 3.8) is 0 Å². The molecule has 3 aromatic carbocycles. The van der Waals surface area contributed by atoms with Crippen molar-refractivity contribution in [3.8, 4) is 0 Å². The minimum absolute atomic E-state index is 0.0455. The fraction of sp³-hybridized carbons (Fsp3) is 0.222. The molecule has 0 saturated heterocycles. The first-order valence-electron chi connectivity index (χ1n) is 11.1. The Morgan fingerprint density at radius 1 is 0.970 bits per heavy atom. The number of carbonyl (C=O) groups is 2. The first-order chi connectivity index (χ1) is 15.9. The molecule has 33 heavy (non-hydrogen) atoms. The van der Waals surface area contributed by atoms with Gasteiger partial charge in [0.1, 0.15) is 6.04 Å². The molecule has 0 spiro atoms. The van der Waals surface area contributed by atoms with Crippen molar-refractivity contribution in [3.05, 3.63) is 89.0 Å². The SMILES string of the molecule is Cc1ccc(CN2C(=O)C(CC(=O)Nc3ccc(C)cc3C)n3c2nc2ccccc23)cc1. The maximum absolute atomic E-state index is 13.5. The molecule has 2 heterocycles. The summed E-state index contributed by atoms with van der Waals surface area (Å²) in [6.07, 6.45) is 0.0455. The Labute approximate surface area is 192 Å². The molecule has 0 fully saturated rings. The number of para-hydroxylation sites is 2. The van der Waals surface area contributed by atoms with Crippen LogP contribution in [-0.4, -0.2) is 21.4 Å². The summed E-state index contributed by atoms with van der Waals surface area (Å²) in [6, 6.07) is 21.1. The predicted molar refractivity (Wildman–Crippen MR) is 130 cm³/mol. The van der Waals surface area contributed by atoms with Crippen molar-refractivity contribution < 1.29 is 9.59 Å². The van der Waals surface area contributed by atoms with E-state index in [0.29, 0.717) is 12.5 Å². The topological polar surface area (TPSA) is 67.2 Å². The van der Waals surface area contributed by atoms with Gasteiger partial charge in [-0.1, -0.05) is 59.7 Å². The molecule has 1 atom stereocenters. The molecule has 6 nitrogen and oxygen atoms in total. The van der Waals surface area contributed by atoms with Gasteiger partial charge in [-0.25, -0.2) is 4.98 Å². The van der Waals surface area contributed by atoms with Gasteiger partial charge in [-0.15, -0.1) is 0 Å². The van der Waals surface area contributed by atoms with Gasteiger partial charge in [-0.2, -0.15) is 0 Å². The van der Waals surface area contributed by atoms with Crippen LogP contribution in [0.25, 0.3) is 11.0 Å². The minimum Gasteiger partial charge on any atom is -0.326 e. The number of amides is 2. The Bertz CT molecular complexity index is 1370. The Kier molecular flexibility index (Phi) is 5.21. The molecule has 1 aromatic heterocycles. The third-order valence-electron chi connectivity index (χ3n) is 6.18. The summed E-state index contributed by atoms with van der Waals surface area (Å²) in [5.41, 5.74) is 6.76. The maximum atomic E-state index is 13.5. The summed E-state index contributed by atoms with van der Waals surface area (Å²) >= 11 is 0. The second kappa shape index (κ2) is 8.20. The summed E-state index contributed by atoms with van der Waals surface area (Å²) in [7, 11) is 0. The number of fused-ring (bicyclic) bond motifs is 3. The zero-order chi connectivity index (χ0) is 23.1. The highest BCUT2D eigenvalue weighted by Crippen LogP contribution is 2.37. The standard InChI is InChI=1S/C27H26N4O2/c1-17-8-11-20(12-9-17)16-30-26(33)24(31-23-7-5-4-6-22(23)29-27(30)31)15-25(32)28-21-13-10-18(2)14-19(21)3/h4-14,24H,15-16H2,1-3H3,(H,28,32). The second-order valence-electron chi connectivity index (χ2n) is 8.77. The highest BCUT2D eigenvalue weighted by Gasteiger charge is 2.40. The number of aryl methyl sites for hydroxylation is 3. The number of hydrogen-bond acceptors (Lipinski definition) is 3. The molecule has 0 radical (unpaired) electrons. The van der Waals surface area contributed by atoms with Crippen LogP contribution >= 0.6 is 0 Å². The lowest BCUT2D eigenvalue weighted by Crippen LogP contribution is -2.31. The average Bonchev–Trinajstić information content (AvgIpc) is 3.28. The first kappa shape index (κ1) is 20.9. The van der Waals surface area contributed by atoms with Crippen molar-refractivity contribution in [1.29, 1.82) is 0 Å². The molecule has 5 rings (SSSR count). The number of carbonyl (C=O) groups excluding carboxylic acids is 2. The number of hydrogen-bond donors (Lipinski definition) is 1. The highest BCUT2D eigenvalue weighted by atomic mass is 16.2. The number of anilines is 2. The van der Waals surface area contributed by atoms with Gasteiger partial charge in [0.25, 0.3) is 5.91 Å². The Balaban J connectivity index is 1.46. The van der Waals surface area contributed by atoms with E-state index in [2.05, 4.69) is 5.32 Å². The van der Waals surface area contributed by atoms with Crippen LogP contribution in [0.1, 0.15) is 34.7 Å². The molecule has 1 N–H and O–H groups in total. The number of rotatable bonds is 5. The van der Waals surface area contributed by atoms with Crippen LogP contribution < -0.4 is 10.2 Å². The van der Waals surface area contributed by atoms with Crippen molar-refractivity contribution in [2.45, 2.75) is 39.8 Å². The van der Waals surface area contributed by atoms with Crippen LogP contribution in [0.5, 0.6) is 0 Å². The van der Waals surface area contributed by atoms with E-state index in [0.717, 1.165) is 33.4 Å². The summed E-state index contributed by atoms with van der Waals surface area (Å²) in [6.45, 7) is 6.44. The quantitative estimate of drug-likeness (QED) is 0.473. The lowest BCUT2D eigenvalue weighted by molar-refractivity contribution is -0.124. The normalized spacial score (nSPS) is 15.2. The van der Waals surface area contributed by atoms with E-state index in [4.69, 9.17) is 4.98 Å². The lowest BCUT2D eigenvalue weighted by atomic mass is 10.1. The molecular formula is C27H26N4O2. The van der Waals surface area contributed by atoms with E-state index < -0.39 is 6.04 Å². The van der Waals surface area contributed by atoms with Crippen LogP contribution in [0.3, 0.4) is 0 Å². The molecule has 0 aliphatic carbocycles. The van der Waals surface area contributed by atoms with Crippen molar-refractivity contribution >= 4 is 34.5 Å². The zero-order valence-electron chi connectivity index (χ0n) is 19.0. The molecule has 6 heteroatoms. The summed E-state index contributed by atoms with van der Waals surface area (Å²) < 4.78 is 1.91. The number of nitrogens with zero attached hydrogens (tertiary/aromatic N) is 3. The van der Waals surface area contributed by atoms with Gasteiger partial charge in [0.2, 0.25) is 11.9 Å². The van der Waals surface area contributed by atoms with Crippen LogP contribution in [0.2, 0.25) is 0 Å². The van der Waals surface area contributed by atoms with Gasteiger partial charge in [-0.3, -0.25) is 19.1 Å². The van der Waals surface area contributed by atoms with Crippen LogP contribution in [0.4, 0.5) is 11.6 Å². The zero-order valence-corrected chi connectivity index (χ0v) is 19.0. The van der Waals surface area contributed by atoms with E-state index in [1.54, 1.807) is 4.90 Å². The number of imidazole rings is 1. The third kappa shape index (κ3) is 3.89. The van der Waals surface area contributed by atoms with Crippen molar-refractivity contribution in [2.75, 3.05) is 10.2 Å². The van der Waals surface area contributed by atoms with Gasteiger partial charge < -0.3 is 5.32 Å². The van der Waals surface area contributed by atoms with Gasteiger partial charge in [-0.05, 0) is 50.1 Å². The molecule has 166 valence electrons. The average molecular weight is 439 g/mol. The highest BCUT2D eigenvalue weighted by molar-refractivity contribution is 6.05. The molecule has 1 aliphatic rings. The second-order valence-corrected chi connectivity index (χ2v) is 8.77. The van der Waals surface area contributed by atoms with Crippen molar-refractivity contribution in [2.24, 2.45) is 0 Å². The minimum atomic E-state index is -0.636. The largest absolute Gasteiger partial charge is 0.326 e. The van der Waals surface area contributed by atoms with E-state index in [1.807, 2.05) is 92.1 Å². The fourth-order valence-corrected chi connectivity index (χ4v) is 4.45. The Morgan fingerprint density at radius 2 is 1.70 bits per heavy atom. The van der Waals surface area contributed by atoms with Gasteiger partial charge in [0.05, 0.1) is 24.0 Å². The summed E-state index contributed by atoms with van der Waals surface area (Å²) in [5.74, 6) is 0.284. The lowest BCUT2D eigenvalue weighted by Gasteiger charge is -2.16. The van der Waals surface area contributed by atoms with Crippen molar-refractivity contribution in [1.82, 2.24) is 9.55 Å². The number of benzene rings is 3. The summed E-state index contributed by atoms with van der Waals surface area (Å²) in [5, 5.41) is 2.98. The van der Waals surface area contributed by atoms with E-state index >= 15 is 0 Å². The Hall–Kier alpha value is -3.93. The van der Waals surface area contributed by atoms with Gasteiger partial charge in [0.15, 0.2) is 0 Å². The predicted octanol–water partition coefficient (Wildman–Crippen LogP) is 5.08. The molecule has 4 aromatic rings. The Morgan fingerprint density at radius 3 is 2.45 bits per heavy atom. The first-order valence-corrected chi connectivity index (χ1v) is 11.1. The smallest absolute Gasteiger partial charge is 0.253 e. The van der Waals surface area contributed by atoms with E-state index in [1.165, 1.54) is 5.56 Å². The summed E-state index contributed by atoms with van der Waals surface area (Å²) in [4.78, 5) is 33.0. The molecule has 1 unspecified atom stereocenters. The molecule has 0 saturated carbocycles. The fourth-order valence-electron chi connectivity index (χ4n) is 4.45. The third-order valence-corrected chi connectivity index (χ3v) is 6.18. The monoisotopic (exact) mass is 438 g/mol. The van der Waals surface area contributed by atoms with Gasteiger partial charge >= 0.3 is 0 Å².